The van der Waals surface area contributed by atoms with Crippen molar-refractivity contribution in [2.45, 2.75) is 0 Å². The molecule has 0 aromatic heterocycles. The SMILES string of the molecule is N#Cc1cccc(OCCOc2cc(Cl)c(Br)cc2Cl)c1. The van der Waals surface area contributed by atoms with Gasteiger partial charge in [0, 0.05) is 10.5 Å². The monoisotopic (exact) mass is 385 g/mol. The first-order chi connectivity index (χ1) is 10.1. The Bertz CT molecular complexity index is 686. The largest absolute Gasteiger partial charge is 0.490 e. The molecule has 0 saturated carbocycles. The molecule has 0 fully saturated rings. The molecule has 2 rings (SSSR count). The molecule has 21 heavy (non-hydrogen) atoms. The number of benzene rings is 2. The van der Waals surface area contributed by atoms with Gasteiger partial charge in [-0.2, -0.15) is 5.26 Å². The number of ether oxygens (including phenoxy) is 2. The van der Waals surface area contributed by atoms with Gasteiger partial charge in [0.05, 0.1) is 21.7 Å². The van der Waals surface area contributed by atoms with Gasteiger partial charge in [-0.15, -0.1) is 0 Å². The molecule has 0 spiro atoms. The number of hydrogen-bond acceptors (Lipinski definition) is 3. The first kappa shape index (κ1) is 16.0. The maximum absolute atomic E-state index is 8.80. The Balaban J connectivity index is 1.87. The highest BCUT2D eigenvalue weighted by molar-refractivity contribution is 9.10. The molecule has 0 radical (unpaired) electrons. The third-order valence-electron chi connectivity index (χ3n) is 2.55. The van der Waals surface area contributed by atoms with E-state index in [1.54, 1.807) is 36.4 Å². The average Bonchev–Trinajstić information content (AvgIpc) is 2.48. The normalized spacial score (nSPS) is 10.0. The van der Waals surface area contributed by atoms with Crippen LogP contribution in [-0.2, 0) is 0 Å². The summed E-state index contributed by atoms with van der Waals surface area (Å²) in [4.78, 5) is 0. The van der Waals surface area contributed by atoms with Gasteiger partial charge in [0.25, 0.3) is 0 Å². The van der Waals surface area contributed by atoms with E-state index in [0.29, 0.717) is 44.8 Å². The molecule has 0 atom stereocenters. The van der Waals surface area contributed by atoms with E-state index < -0.39 is 0 Å². The smallest absolute Gasteiger partial charge is 0.139 e. The Kier molecular flexibility index (Phi) is 5.75. The van der Waals surface area contributed by atoms with Crippen molar-refractivity contribution in [1.29, 1.82) is 5.26 Å². The Labute approximate surface area is 141 Å². The van der Waals surface area contributed by atoms with Crippen molar-refractivity contribution in [3.05, 3.63) is 56.5 Å². The predicted molar refractivity (Wildman–Crippen MR) is 86.3 cm³/mol. The van der Waals surface area contributed by atoms with Crippen molar-refractivity contribution in [2.75, 3.05) is 13.2 Å². The molecule has 0 aliphatic carbocycles. The number of rotatable bonds is 5. The molecule has 2 aromatic carbocycles. The highest BCUT2D eigenvalue weighted by Crippen LogP contribution is 2.33. The van der Waals surface area contributed by atoms with Crippen LogP contribution in [0.25, 0.3) is 0 Å². The molecule has 108 valence electrons. The number of nitriles is 1. The van der Waals surface area contributed by atoms with E-state index in [1.807, 2.05) is 0 Å². The summed E-state index contributed by atoms with van der Waals surface area (Å²) < 4.78 is 11.7. The molecule has 0 aliphatic heterocycles. The standard InChI is InChI=1S/C15H10BrCl2NO2/c16-12-7-14(18)15(8-13(12)17)21-5-4-20-11-3-1-2-10(6-11)9-19/h1-3,6-8H,4-5H2. The fourth-order valence-corrected chi connectivity index (χ4v) is 2.43. The van der Waals surface area contributed by atoms with E-state index >= 15 is 0 Å². The van der Waals surface area contributed by atoms with E-state index in [2.05, 4.69) is 22.0 Å². The quantitative estimate of drug-likeness (QED) is 0.531. The zero-order valence-corrected chi connectivity index (χ0v) is 13.9. The molecular weight excluding hydrogens is 377 g/mol. The lowest BCUT2D eigenvalue weighted by Crippen LogP contribution is -2.09. The number of halogens is 3. The van der Waals surface area contributed by atoms with Crippen LogP contribution in [0, 0.1) is 11.3 Å². The molecule has 2 aromatic rings. The van der Waals surface area contributed by atoms with Crippen LogP contribution < -0.4 is 9.47 Å². The summed E-state index contributed by atoms with van der Waals surface area (Å²) in [6.45, 7) is 0.646. The first-order valence-corrected chi connectivity index (χ1v) is 7.55. The Morgan fingerprint density at radius 1 is 1.05 bits per heavy atom. The summed E-state index contributed by atoms with van der Waals surface area (Å²) >= 11 is 15.3. The van der Waals surface area contributed by atoms with Gasteiger partial charge in [-0.3, -0.25) is 0 Å². The summed E-state index contributed by atoms with van der Waals surface area (Å²) in [5, 5.41) is 9.80. The number of nitrogens with zero attached hydrogens (tertiary/aromatic N) is 1. The third kappa shape index (κ3) is 4.53. The van der Waals surface area contributed by atoms with Crippen LogP contribution in [-0.4, -0.2) is 13.2 Å². The maximum Gasteiger partial charge on any atom is 0.139 e. The summed E-state index contributed by atoms with van der Waals surface area (Å²) in [6, 6.07) is 12.3. The van der Waals surface area contributed by atoms with Crippen LogP contribution in [0.1, 0.15) is 5.56 Å². The van der Waals surface area contributed by atoms with E-state index in [1.165, 1.54) is 0 Å². The van der Waals surface area contributed by atoms with Gasteiger partial charge in [-0.25, -0.2) is 0 Å². The highest BCUT2D eigenvalue weighted by atomic mass is 79.9. The van der Waals surface area contributed by atoms with Crippen LogP contribution >= 0.6 is 39.1 Å². The molecule has 0 saturated heterocycles. The van der Waals surface area contributed by atoms with Crippen LogP contribution in [0.15, 0.2) is 40.9 Å². The van der Waals surface area contributed by atoms with Crippen molar-refractivity contribution < 1.29 is 9.47 Å². The summed E-state index contributed by atoms with van der Waals surface area (Å²) in [5.41, 5.74) is 0.552. The number of hydrogen-bond donors (Lipinski definition) is 0. The van der Waals surface area contributed by atoms with Crippen LogP contribution in [0.3, 0.4) is 0 Å². The zero-order chi connectivity index (χ0) is 15.2. The molecule has 0 N–H and O–H groups in total. The Morgan fingerprint density at radius 3 is 2.57 bits per heavy atom. The Morgan fingerprint density at radius 2 is 1.81 bits per heavy atom. The highest BCUT2D eigenvalue weighted by Gasteiger charge is 2.06. The van der Waals surface area contributed by atoms with Gasteiger partial charge in [0.15, 0.2) is 0 Å². The molecule has 3 nitrogen and oxygen atoms in total. The molecule has 0 amide bonds. The van der Waals surface area contributed by atoms with E-state index in [-0.39, 0.29) is 0 Å². The summed E-state index contributed by atoms with van der Waals surface area (Å²) in [5.74, 6) is 1.12. The van der Waals surface area contributed by atoms with Gasteiger partial charge in [-0.05, 0) is 40.2 Å². The maximum atomic E-state index is 8.80. The minimum Gasteiger partial charge on any atom is -0.490 e. The van der Waals surface area contributed by atoms with Gasteiger partial charge >= 0.3 is 0 Å². The second-order valence-corrected chi connectivity index (χ2v) is 5.70. The van der Waals surface area contributed by atoms with Gasteiger partial charge in [0.2, 0.25) is 0 Å². The minimum absolute atomic E-state index is 0.314. The van der Waals surface area contributed by atoms with Gasteiger partial charge in [-0.1, -0.05) is 29.3 Å². The summed E-state index contributed by atoms with van der Waals surface area (Å²) in [6.07, 6.45) is 0. The van der Waals surface area contributed by atoms with Crippen molar-refractivity contribution in [1.82, 2.24) is 0 Å². The zero-order valence-electron chi connectivity index (χ0n) is 10.8. The third-order valence-corrected chi connectivity index (χ3v) is 4.04. The van der Waals surface area contributed by atoms with Crippen molar-refractivity contribution in [3.8, 4) is 17.6 Å². The lowest BCUT2D eigenvalue weighted by Gasteiger charge is -2.10. The minimum atomic E-state index is 0.314. The first-order valence-electron chi connectivity index (χ1n) is 6.00. The molecule has 6 heteroatoms. The topological polar surface area (TPSA) is 42.2 Å². The Hall–Kier alpha value is -1.41. The van der Waals surface area contributed by atoms with E-state index in [9.17, 15) is 0 Å². The fourth-order valence-electron chi connectivity index (χ4n) is 1.58. The second-order valence-electron chi connectivity index (χ2n) is 4.03. The van der Waals surface area contributed by atoms with Gasteiger partial charge in [0.1, 0.15) is 24.7 Å². The average molecular weight is 387 g/mol. The molecule has 0 aliphatic rings. The molecule has 0 heterocycles. The molecular formula is C15H10BrCl2NO2. The lowest BCUT2D eigenvalue weighted by atomic mass is 10.2. The fraction of sp³-hybridized carbons (Fsp3) is 0.133. The lowest BCUT2D eigenvalue weighted by molar-refractivity contribution is 0.217. The van der Waals surface area contributed by atoms with Crippen LogP contribution in [0.5, 0.6) is 11.5 Å². The predicted octanol–water partition coefficient (Wildman–Crippen LogP) is 5.09. The van der Waals surface area contributed by atoms with Crippen LogP contribution in [0.2, 0.25) is 10.0 Å². The van der Waals surface area contributed by atoms with Crippen molar-refractivity contribution in [3.63, 3.8) is 0 Å². The second kappa shape index (κ2) is 7.56. The van der Waals surface area contributed by atoms with E-state index in [0.717, 1.165) is 0 Å². The van der Waals surface area contributed by atoms with Gasteiger partial charge < -0.3 is 9.47 Å². The van der Waals surface area contributed by atoms with Crippen molar-refractivity contribution >= 4 is 39.1 Å². The summed E-state index contributed by atoms with van der Waals surface area (Å²) in [7, 11) is 0. The van der Waals surface area contributed by atoms with Crippen LogP contribution in [0.4, 0.5) is 0 Å². The molecule has 0 bridgehead atoms. The van der Waals surface area contributed by atoms with E-state index in [4.69, 9.17) is 37.9 Å². The molecule has 0 unspecified atom stereocenters. The van der Waals surface area contributed by atoms with Crippen molar-refractivity contribution in [2.24, 2.45) is 0 Å².